The fourth-order valence-corrected chi connectivity index (χ4v) is 0. The minimum atomic E-state index is -2.87. The van der Waals surface area contributed by atoms with Crippen LogP contribution in [0.2, 0.25) is 0 Å². The molecule has 0 aliphatic rings. The van der Waals surface area contributed by atoms with E-state index in [0.29, 0.717) is 0 Å². The van der Waals surface area contributed by atoms with Crippen molar-refractivity contribution in [3.05, 3.63) is 12.7 Å². The first-order chi connectivity index (χ1) is 3.15. The van der Waals surface area contributed by atoms with Gasteiger partial charge in [0.2, 0.25) is 0 Å². The zero-order valence-electron chi connectivity index (χ0n) is 4.90. The van der Waals surface area contributed by atoms with Crippen molar-refractivity contribution in [1.29, 1.82) is 0 Å². The molecule has 0 fully saturated rings. The molecular weight excluding hydrogens is 138 g/mol. The van der Waals surface area contributed by atoms with Crippen LogP contribution in [0.3, 0.4) is 0 Å². The van der Waals surface area contributed by atoms with E-state index in [1.165, 1.54) is 6.08 Å². The van der Waals surface area contributed by atoms with Gasteiger partial charge in [-0.25, -0.2) is 0 Å². The minimum absolute atomic E-state index is 0. The monoisotopic (exact) mass is 145 g/mol. The zero-order chi connectivity index (χ0) is 6.28. The van der Waals surface area contributed by atoms with Crippen LogP contribution in [0.1, 0.15) is 6.92 Å². The molecule has 0 aromatic carbocycles. The van der Waals surface area contributed by atoms with Crippen molar-refractivity contribution in [2.75, 3.05) is 0 Å². The number of hydrogen-bond acceptors (Lipinski definition) is 1. The summed E-state index contributed by atoms with van der Waals surface area (Å²) >= 11 is 0. The molecule has 42 valence electrons. The fourth-order valence-electron chi connectivity index (χ4n) is 0. The average Bonchev–Trinajstić information content (AvgIpc) is 1.33. The predicted octanol–water partition coefficient (Wildman–Crippen LogP) is -2.37. The molecule has 0 aliphatic carbocycles. The Bertz CT molecular complexity index is 61.5. The van der Waals surface area contributed by atoms with Gasteiger partial charge in [0.05, 0.1) is 0 Å². The van der Waals surface area contributed by atoms with Gasteiger partial charge in [0.1, 0.15) is 0 Å². The Kier molecular flexibility index (Phi) is 31.1. The summed E-state index contributed by atoms with van der Waals surface area (Å²) in [4.78, 5) is 14.2. The second-order valence-electron chi connectivity index (χ2n) is 0.586. The maximum absolute atomic E-state index is 8.70. The maximum Gasteiger partial charge on any atom is 1.00 e. The standard InChI is InChI=1S/C3H5.Na.HO3P/c1-3-2;;1-4(2)3/h1,3H,2H3;;(H-,1,2,3)/q-1;+1;/p+1. The quantitative estimate of drug-likeness (QED) is 0.227. The first-order valence-electron chi connectivity index (χ1n) is 1.49. The molecule has 0 unspecified atom stereocenters. The van der Waals surface area contributed by atoms with Crippen LogP contribution in [0.25, 0.3) is 0 Å². The molecule has 0 aliphatic heterocycles. The van der Waals surface area contributed by atoms with Crippen molar-refractivity contribution in [3.8, 4) is 0 Å². The van der Waals surface area contributed by atoms with Gasteiger partial charge in [-0.15, -0.1) is 9.79 Å². The van der Waals surface area contributed by atoms with Gasteiger partial charge in [0.15, 0.2) is 0 Å². The molecule has 0 amide bonds. The van der Waals surface area contributed by atoms with Crippen LogP contribution in [0, 0.1) is 6.58 Å². The van der Waals surface area contributed by atoms with E-state index in [4.69, 9.17) is 20.9 Å². The van der Waals surface area contributed by atoms with Crippen LogP contribution in [0.15, 0.2) is 6.08 Å². The topological polar surface area (TPSA) is 57.5 Å². The first-order valence-corrected chi connectivity index (χ1v) is 2.66. The Morgan fingerprint density at radius 3 is 1.62 bits per heavy atom. The Hall–Kier alpha value is 0.760. The van der Waals surface area contributed by atoms with Crippen LogP contribution < -0.4 is 29.6 Å². The zero-order valence-corrected chi connectivity index (χ0v) is 7.80. The van der Waals surface area contributed by atoms with E-state index in [1.807, 2.05) is 0 Å². The molecule has 0 saturated heterocycles. The summed E-state index contributed by atoms with van der Waals surface area (Å²) in [5.74, 6) is 0. The van der Waals surface area contributed by atoms with Gasteiger partial charge >= 0.3 is 37.8 Å². The van der Waals surface area contributed by atoms with Crippen LogP contribution in [-0.2, 0) is 4.57 Å². The largest absolute Gasteiger partial charge is 1.00 e. The summed E-state index contributed by atoms with van der Waals surface area (Å²) in [7, 11) is -2.87. The molecule has 0 bridgehead atoms. The summed E-state index contributed by atoms with van der Waals surface area (Å²) in [6.07, 6.45) is 1.50. The van der Waals surface area contributed by atoms with E-state index in [-0.39, 0.29) is 29.6 Å². The van der Waals surface area contributed by atoms with E-state index in [0.717, 1.165) is 0 Å². The van der Waals surface area contributed by atoms with Crippen molar-refractivity contribution in [1.82, 2.24) is 0 Å². The van der Waals surface area contributed by atoms with Crippen LogP contribution in [0.4, 0.5) is 0 Å². The fraction of sp³-hybridized carbons (Fsp3) is 0.333. The summed E-state index contributed by atoms with van der Waals surface area (Å²) in [6.45, 7) is 6.50. The third-order valence-electron chi connectivity index (χ3n) is 0. The molecule has 0 aromatic rings. The molecule has 0 radical (unpaired) electrons. The minimum Gasteiger partial charge on any atom is -0.518 e. The number of allylic oxidation sites excluding steroid dienone is 1. The van der Waals surface area contributed by atoms with Crippen LogP contribution in [0.5, 0.6) is 0 Å². The molecule has 3 nitrogen and oxygen atoms in total. The van der Waals surface area contributed by atoms with Gasteiger partial charge in [0, 0.05) is 4.57 Å². The van der Waals surface area contributed by atoms with Crippen LogP contribution in [-0.4, -0.2) is 9.79 Å². The van der Waals surface area contributed by atoms with Crippen LogP contribution >= 0.6 is 8.25 Å². The number of rotatable bonds is 0. The second-order valence-corrected chi connectivity index (χ2v) is 1.09. The second kappa shape index (κ2) is 15.7. The summed E-state index contributed by atoms with van der Waals surface area (Å²) in [5.41, 5.74) is 0. The third kappa shape index (κ3) is 388. The molecule has 0 saturated carbocycles. The maximum atomic E-state index is 8.70. The van der Waals surface area contributed by atoms with Crippen molar-refractivity contribution in [3.63, 3.8) is 0 Å². The van der Waals surface area contributed by atoms with Gasteiger partial charge in [-0.2, -0.15) is 0 Å². The van der Waals surface area contributed by atoms with Gasteiger partial charge in [-0.05, 0) is 0 Å². The molecule has 5 heteroatoms. The van der Waals surface area contributed by atoms with E-state index in [2.05, 4.69) is 0 Å². The predicted molar refractivity (Wildman–Crippen MR) is 26.6 cm³/mol. The Morgan fingerprint density at radius 1 is 1.62 bits per heavy atom. The van der Waals surface area contributed by atoms with E-state index in [1.54, 1.807) is 6.92 Å². The Labute approximate surface area is 71.7 Å². The van der Waals surface area contributed by atoms with E-state index < -0.39 is 8.25 Å². The number of hydrogen-bond donors (Lipinski definition) is 2. The van der Waals surface area contributed by atoms with Gasteiger partial charge in [-0.1, -0.05) is 6.92 Å². The van der Waals surface area contributed by atoms with Crippen molar-refractivity contribution >= 4 is 8.25 Å². The van der Waals surface area contributed by atoms with Crippen molar-refractivity contribution < 1.29 is 43.9 Å². The van der Waals surface area contributed by atoms with Crippen molar-refractivity contribution in [2.45, 2.75) is 6.92 Å². The van der Waals surface area contributed by atoms with Gasteiger partial charge < -0.3 is 6.58 Å². The molecule has 0 atom stereocenters. The Balaban J connectivity index is -0.0000000575. The molecule has 0 heterocycles. The molecular formula is C3H7NaO3P+. The van der Waals surface area contributed by atoms with Gasteiger partial charge in [-0.3, -0.25) is 6.08 Å². The van der Waals surface area contributed by atoms with E-state index >= 15 is 0 Å². The molecule has 0 spiro atoms. The normalized spacial score (nSPS) is 4.88. The first kappa shape index (κ1) is 15.9. The van der Waals surface area contributed by atoms with E-state index in [9.17, 15) is 0 Å². The smallest absolute Gasteiger partial charge is 0.518 e. The summed E-state index contributed by atoms with van der Waals surface area (Å²) < 4.78 is 8.70. The third-order valence-corrected chi connectivity index (χ3v) is 0. The molecule has 8 heavy (non-hydrogen) atoms. The molecule has 0 aromatic heterocycles. The average molecular weight is 145 g/mol. The SMILES string of the molecule is O=[P+](O)O.[CH-]=CC.[Na+]. The summed E-state index contributed by atoms with van der Waals surface area (Å²) in [5, 5.41) is 0. The summed E-state index contributed by atoms with van der Waals surface area (Å²) in [6, 6.07) is 0. The molecule has 0 rings (SSSR count). The van der Waals surface area contributed by atoms with Gasteiger partial charge in [0.25, 0.3) is 0 Å². The van der Waals surface area contributed by atoms with Crippen molar-refractivity contribution in [2.24, 2.45) is 0 Å². The Morgan fingerprint density at radius 2 is 1.62 bits per heavy atom. The molecule has 2 N–H and O–H groups in total.